The summed E-state index contributed by atoms with van der Waals surface area (Å²) in [4.78, 5) is 29.8. The Kier molecular flexibility index (Phi) is 5.50. The molecule has 3 aromatic rings. The number of para-hydroxylation sites is 1. The summed E-state index contributed by atoms with van der Waals surface area (Å²) < 4.78 is 5.41. The summed E-state index contributed by atoms with van der Waals surface area (Å²) in [5, 5.41) is 3.71. The predicted molar refractivity (Wildman–Crippen MR) is 108 cm³/mol. The molecule has 1 fully saturated rings. The summed E-state index contributed by atoms with van der Waals surface area (Å²) in [5.74, 6) is -0.247. The number of aromatic amines is 1. The zero-order chi connectivity index (χ0) is 19.3. The molecule has 0 saturated carbocycles. The topological polar surface area (TPSA) is 74.4 Å². The molecule has 6 heteroatoms. The number of pyridine rings is 1. The summed E-state index contributed by atoms with van der Waals surface area (Å²) in [6.07, 6.45) is 0. The van der Waals surface area contributed by atoms with Gasteiger partial charge >= 0.3 is 0 Å². The first-order chi connectivity index (χ1) is 13.7. The molecule has 144 valence electrons. The minimum Gasteiger partial charge on any atom is -0.379 e. The molecule has 0 radical (unpaired) electrons. The van der Waals surface area contributed by atoms with E-state index in [2.05, 4.69) is 21.3 Å². The van der Waals surface area contributed by atoms with Crippen LogP contribution in [0.5, 0.6) is 0 Å². The second-order valence-corrected chi connectivity index (χ2v) is 6.93. The fourth-order valence-electron chi connectivity index (χ4n) is 3.55. The van der Waals surface area contributed by atoms with Gasteiger partial charge in [0.05, 0.1) is 18.8 Å². The second kappa shape index (κ2) is 8.37. The van der Waals surface area contributed by atoms with Crippen LogP contribution in [-0.2, 0) is 17.8 Å². The molecule has 4 rings (SSSR count). The van der Waals surface area contributed by atoms with Crippen molar-refractivity contribution < 1.29 is 9.53 Å². The number of nitrogens with one attached hydrogen (secondary N) is 2. The molecule has 1 saturated heterocycles. The largest absolute Gasteiger partial charge is 0.379 e. The molecule has 0 spiro atoms. The van der Waals surface area contributed by atoms with E-state index in [1.54, 1.807) is 6.07 Å². The Morgan fingerprint density at radius 1 is 1.04 bits per heavy atom. The van der Waals surface area contributed by atoms with Gasteiger partial charge in [0.1, 0.15) is 0 Å². The van der Waals surface area contributed by atoms with Crippen molar-refractivity contribution in [3.05, 3.63) is 81.6 Å². The number of aromatic nitrogens is 1. The van der Waals surface area contributed by atoms with Crippen molar-refractivity contribution in [2.45, 2.75) is 13.1 Å². The molecule has 0 bridgehead atoms. The van der Waals surface area contributed by atoms with Crippen LogP contribution in [-0.4, -0.2) is 42.1 Å². The molecule has 1 amide bonds. The van der Waals surface area contributed by atoms with Gasteiger partial charge in [-0.3, -0.25) is 14.5 Å². The highest BCUT2D eigenvalue weighted by Gasteiger charge is 2.15. The predicted octanol–water partition coefficient (Wildman–Crippen LogP) is 2.29. The van der Waals surface area contributed by atoms with Crippen molar-refractivity contribution in [2.24, 2.45) is 0 Å². The number of rotatable bonds is 5. The molecular weight excluding hydrogens is 354 g/mol. The number of carbonyl (C=O) groups is 1. The summed E-state index contributed by atoms with van der Waals surface area (Å²) >= 11 is 0. The van der Waals surface area contributed by atoms with E-state index >= 15 is 0 Å². The summed E-state index contributed by atoms with van der Waals surface area (Å²) in [6, 6.07) is 16.8. The van der Waals surface area contributed by atoms with Crippen LogP contribution in [0, 0.1) is 0 Å². The van der Waals surface area contributed by atoms with Crippen LogP contribution in [0.1, 0.15) is 21.5 Å². The molecule has 6 nitrogen and oxygen atoms in total. The van der Waals surface area contributed by atoms with Crippen LogP contribution in [0.2, 0.25) is 0 Å². The third kappa shape index (κ3) is 4.13. The van der Waals surface area contributed by atoms with Gasteiger partial charge < -0.3 is 15.0 Å². The van der Waals surface area contributed by atoms with E-state index < -0.39 is 0 Å². The first-order valence-electron chi connectivity index (χ1n) is 9.48. The van der Waals surface area contributed by atoms with E-state index in [4.69, 9.17) is 4.74 Å². The lowest BCUT2D eigenvalue weighted by Gasteiger charge is -2.27. The zero-order valence-electron chi connectivity index (χ0n) is 15.6. The molecule has 1 aromatic heterocycles. The van der Waals surface area contributed by atoms with Gasteiger partial charge in [0.15, 0.2) is 0 Å². The van der Waals surface area contributed by atoms with Crippen molar-refractivity contribution in [3.8, 4) is 0 Å². The Bertz CT molecular complexity index is 1040. The third-order valence-electron chi connectivity index (χ3n) is 5.05. The summed E-state index contributed by atoms with van der Waals surface area (Å²) in [6.45, 7) is 4.60. The SMILES string of the molecule is O=C(NCc1ccccc1CN1CCOCC1)c1cc(=O)[nH]c2ccccc12. The van der Waals surface area contributed by atoms with Gasteiger partial charge in [-0.15, -0.1) is 0 Å². The van der Waals surface area contributed by atoms with Crippen molar-refractivity contribution in [1.82, 2.24) is 15.2 Å². The van der Waals surface area contributed by atoms with Gasteiger partial charge in [-0.25, -0.2) is 0 Å². The van der Waals surface area contributed by atoms with Crippen LogP contribution < -0.4 is 10.9 Å². The first kappa shape index (κ1) is 18.4. The van der Waals surface area contributed by atoms with Crippen molar-refractivity contribution in [2.75, 3.05) is 26.3 Å². The van der Waals surface area contributed by atoms with E-state index in [-0.39, 0.29) is 11.5 Å². The fraction of sp³-hybridized carbons (Fsp3) is 0.273. The van der Waals surface area contributed by atoms with Gasteiger partial charge in [-0.2, -0.15) is 0 Å². The highest BCUT2D eigenvalue weighted by atomic mass is 16.5. The lowest BCUT2D eigenvalue weighted by atomic mass is 10.1. The number of amides is 1. The maximum Gasteiger partial charge on any atom is 0.252 e. The molecule has 2 N–H and O–H groups in total. The van der Waals surface area contributed by atoms with E-state index in [0.717, 1.165) is 43.8 Å². The minimum absolute atomic E-state index is 0.247. The second-order valence-electron chi connectivity index (χ2n) is 6.93. The molecular formula is C22H23N3O3. The average Bonchev–Trinajstić information content (AvgIpc) is 2.73. The highest BCUT2D eigenvalue weighted by molar-refractivity contribution is 6.05. The molecule has 28 heavy (non-hydrogen) atoms. The fourth-order valence-corrected chi connectivity index (χ4v) is 3.55. The third-order valence-corrected chi connectivity index (χ3v) is 5.05. The molecule has 1 aliphatic heterocycles. The van der Waals surface area contributed by atoms with Gasteiger partial charge in [0, 0.05) is 43.1 Å². The van der Waals surface area contributed by atoms with Crippen LogP contribution in [0.3, 0.4) is 0 Å². The Balaban J connectivity index is 1.51. The van der Waals surface area contributed by atoms with E-state index in [1.807, 2.05) is 36.4 Å². The van der Waals surface area contributed by atoms with E-state index in [9.17, 15) is 9.59 Å². The lowest BCUT2D eigenvalue weighted by Crippen LogP contribution is -2.36. The van der Waals surface area contributed by atoms with Crippen LogP contribution >= 0.6 is 0 Å². The van der Waals surface area contributed by atoms with Gasteiger partial charge in [-0.05, 0) is 17.2 Å². The molecule has 0 aliphatic carbocycles. The molecule has 0 unspecified atom stereocenters. The standard InChI is InChI=1S/C22H23N3O3/c26-21-13-19(18-7-3-4-8-20(18)24-21)22(27)23-14-16-5-1-2-6-17(16)15-25-9-11-28-12-10-25/h1-8,13H,9-12,14-15H2,(H,23,27)(H,24,26). The van der Waals surface area contributed by atoms with Crippen LogP contribution in [0.25, 0.3) is 10.9 Å². The maximum atomic E-state index is 12.8. The van der Waals surface area contributed by atoms with Crippen molar-refractivity contribution in [1.29, 1.82) is 0 Å². The van der Waals surface area contributed by atoms with Crippen LogP contribution in [0.15, 0.2) is 59.4 Å². The highest BCUT2D eigenvalue weighted by Crippen LogP contribution is 2.16. The number of benzene rings is 2. The molecule has 1 aliphatic rings. The number of hydrogen-bond donors (Lipinski definition) is 2. The van der Waals surface area contributed by atoms with Crippen molar-refractivity contribution >= 4 is 16.8 Å². The van der Waals surface area contributed by atoms with E-state index in [0.29, 0.717) is 17.6 Å². The molecule has 0 atom stereocenters. The number of nitrogens with zero attached hydrogens (tertiary/aromatic N) is 1. The molecule has 2 heterocycles. The smallest absolute Gasteiger partial charge is 0.252 e. The van der Waals surface area contributed by atoms with Crippen LogP contribution in [0.4, 0.5) is 0 Å². The normalized spacial score (nSPS) is 14.9. The lowest BCUT2D eigenvalue weighted by molar-refractivity contribution is 0.0340. The average molecular weight is 377 g/mol. The van der Waals surface area contributed by atoms with Gasteiger partial charge in [-0.1, -0.05) is 42.5 Å². The van der Waals surface area contributed by atoms with E-state index in [1.165, 1.54) is 11.6 Å². The number of morpholine rings is 1. The quantitative estimate of drug-likeness (QED) is 0.715. The Morgan fingerprint density at radius 3 is 2.57 bits per heavy atom. The summed E-state index contributed by atoms with van der Waals surface area (Å²) in [7, 11) is 0. The first-order valence-corrected chi connectivity index (χ1v) is 9.48. The summed E-state index contributed by atoms with van der Waals surface area (Å²) in [5.41, 5.74) is 3.05. The van der Waals surface area contributed by atoms with Crippen molar-refractivity contribution in [3.63, 3.8) is 0 Å². The zero-order valence-corrected chi connectivity index (χ0v) is 15.6. The number of carbonyl (C=O) groups excluding carboxylic acids is 1. The maximum absolute atomic E-state index is 12.8. The minimum atomic E-state index is -0.281. The molecule has 2 aromatic carbocycles. The number of fused-ring (bicyclic) bond motifs is 1. The van der Waals surface area contributed by atoms with Gasteiger partial charge in [0.2, 0.25) is 5.56 Å². The monoisotopic (exact) mass is 377 g/mol. The number of ether oxygens (including phenoxy) is 1. The number of H-pyrrole nitrogens is 1. The number of hydrogen-bond acceptors (Lipinski definition) is 4. The Labute approximate surface area is 163 Å². The Morgan fingerprint density at radius 2 is 1.75 bits per heavy atom. The Hall–Kier alpha value is -2.96. The van der Waals surface area contributed by atoms with Gasteiger partial charge in [0.25, 0.3) is 5.91 Å².